The van der Waals surface area contributed by atoms with Gasteiger partial charge in [0, 0.05) is 67.8 Å². The first-order chi connectivity index (χ1) is 18.2. The first-order valence-electron chi connectivity index (χ1n) is 12.8. The van der Waals surface area contributed by atoms with Crippen LogP contribution in [0.5, 0.6) is 0 Å². The maximum Gasteiger partial charge on any atom is 0.159 e. The van der Waals surface area contributed by atoms with Gasteiger partial charge in [0.05, 0.1) is 12.2 Å². The number of hydrazine groups is 1. The van der Waals surface area contributed by atoms with Crippen molar-refractivity contribution in [1.82, 2.24) is 15.3 Å². The van der Waals surface area contributed by atoms with E-state index in [1.54, 1.807) is 6.20 Å². The zero-order valence-corrected chi connectivity index (χ0v) is 20.9. The molecule has 2 aromatic carbocycles. The number of piperazine rings is 1. The Morgan fingerprint density at radius 3 is 2.73 bits per heavy atom. The van der Waals surface area contributed by atoms with Crippen molar-refractivity contribution in [3.63, 3.8) is 0 Å². The fraction of sp³-hybridized carbons (Fsp3) is 0.276. The molecule has 3 heterocycles. The average Bonchev–Trinajstić information content (AvgIpc) is 2.95. The predicted molar refractivity (Wildman–Crippen MR) is 150 cm³/mol. The maximum atomic E-state index is 11.6. The van der Waals surface area contributed by atoms with Gasteiger partial charge in [0.25, 0.3) is 0 Å². The monoisotopic (exact) mass is 495 g/mol. The third kappa shape index (κ3) is 6.22. The van der Waals surface area contributed by atoms with E-state index in [2.05, 4.69) is 74.1 Å². The third-order valence-electron chi connectivity index (χ3n) is 6.78. The van der Waals surface area contributed by atoms with Gasteiger partial charge in [-0.15, -0.1) is 0 Å². The zero-order chi connectivity index (χ0) is 25.5. The summed E-state index contributed by atoms with van der Waals surface area (Å²) in [6.45, 7) is 4.83. The van der Waals surface area contributed by atoms with Crippen LogP contribution in [0.25, 0.3) is 11.0 Å². The molecule has 1 fully saturated rings. The minimum Gasteiger partial charge on any atom is -0.369 e. The third-order valence-corrected chi connectivity index (χ3v) is 6.78. The maximum absolute atomic E-state index is 11.6. The Morgan fingerprint density at radius 2 is 1.89 bits per heavy atom. The van der Waals surface area contributed by atoms with Crippen LogP contribution in [0.1, 0.15) is 16.8 Å². The van der Waals surface area contributed by atoms with Crippen molar-refractivity contribution >= 4 is 34.4 Å². The van der Waals surface area contributed by atoms with E-state index in [9.17, 15) is 4.79 Å². The van der Waals surface area contributed by atoms with Crippen LogP contribution < -0.4 is 26.4 Å². The number of carbonyl (C=O) groups excluding carboxylic acids is 1. The molecule has 4 aromatic rings. The number of aromatic nitrogens is 2. The van der Waals surface area contributed by atoms with Crippen molar-refractivity contribution in [2.75, 3.05) is 54.5 Å². The van der Waals surface area contributed by atoms with Crippen molar-refractivity contribution in [2.45, 2.75) is 12.8 Å². The molecule has 1 aliphatic heterocycles. The minimum absolute atomic E-state index is 0.322. The van der Waals surface area contributed by atoms with E-state index in [1.165, 1.54) is 11.1 Å². The standard InChI is InChI=1S/C29H33N7O/c30-34-26-19-27(21-28(20-26)36-13-10-31-11-14-36)35(15-16-37)12-8-22-3-1-4-23(17-22)18-25-7-6-24-5-2-9-32-29(24)33-25/h1-7,9,16-17,19-21,31,34H,8,10-15,18,30H2. The molecule has 0 spiro atoms. The summed E-state index contributed by atoms with van der Waals surface area (Å²) in [5, 5.41) is 4.44. The predicted octanol–water partition coefficient (Wildman–Crippen LogP) is 3.16. The van der Waals surface area contributed by atoms with E-state index >= 15 is 0 Å². The summed E-state index contributed by atoms with van der Waals surface area (Å²) in [6.07, 6.45) is 4.30. The summed E-state index contributed by atoms with van der Waals surface area (Å²) in [7, 11) is 0. The number of benzene rings is 2. The van der Waals surface area contributed by atoms with E-state index in [0.29, 0.717) is 6.54 Å². The molecule has 0 radical (unpaired) electrons. The average molecular weight is 496 g/mol. The summed E-state index contributed by atoms with van der Waals surface area (Å²) < 4.78 is 0. The Bertz CT molecular complexity index is 1350. The van der Waals surface area contributed by atoms with Gasteiger partial charge in [-0.1, -0.05) is 24.3 Å². The number of carbonyl (C=O) groups is 1. The zero-order valence-electron chi connectivity index (χ0n) is 20.9. The fourth-order valence-electron chi connectivity index (χ4n) is 4.84. The quantitative estimate of drug-likeness (QED) is 0.175. The van der Waals surface area contributed by atoms with Crippen LogP contribution in [-0.2, 0) is 17.6 Å². The second-order valence-corrected chi connectivity index (χ2v) is 9.33. The van der Waals surface area contributed by atoms with Crippen molar-refractivity contribution < 1.29 is 4.79 Å². The van der Waals surface area contributed by atoms with Gasteiger partial charge in [0.2, 0.25) is 0 Å². The molecule has 8 heteroatoms. The Labute approximate surface area is 217 Å². The van der Waals surface area contributed by atoms with E-state index in [0.717, 1.165) is 85.6 Å². The summed E-state index contributed by atoms with van der Waals surface area (Å²) in [4.78, 5) is 25.1. The second-order valence-electron chi connectivity index (χ2n) is 9.33. The molecule has 0 atom stereocenters. The molecule has 0 bridgehead atoms. The first kappa shape index (κ1) is 24.7. The topological polar surface area (TPSA) is 99.4 Å². The van der Waals surface area contributed by atoms with Gasteiger partial charge in [-0.3, -0.25) is 5.84 Å². The molecule has 1 saturated heterocycles. The molecule has 1 aliphatic rings. The molecule has 0 aliphatic carbocycles. The highest BCUT2D eigenvalue weighted by molar-refractivity contribution is 5.74. The largest absolute Gasteiger partial charge is 0.369 e. The van der Waals surface area contributed by atoms with Crippen LogP contribution in [0.4, 0.5) is 17.1 Å². The highest BCUT2D eigenvalue weighted by Crippen LogP contribution is 2.28. The highest BCUT2D eigenvalue weighted by atomic mass is 16.1. The normalized spacial score (nSPS) is 13.5. The summed E-state index contributed by atoms with van der Waals surface area (Å²) in [5.41, 5.74) is 9.93. The molecule has 0 amide bonds. The Hall–Kier alpha value is -4.01. The number of fused-ring (bicyclic) bond motifs is 1. The van der Waals surface area contributed by atoms with Gasteiger partial charge in [-0.05, 0) is 60.0 Å². The first-order valence-corrected chi connectivity index (χ1v) is 12.8. The highest BCUT2D eigenvalue weighted by Gasteiger charge is 2.15. The number of aldehydes is 1. The minimum atomic E-state index is 0.322. The van der Waals surface area contributed by atoms with E-state index in [1.807, 2.05) is 18.2 Å². The number of anilines is 3. The van der Waals surface area contributed by atoms with Gasteiger partial charge < -0.3 is 25.3 Å². The number of hydrogen-bond donors (Lipinski definition) is 3. The Kier molecular flexibility index (Phi) is 7.88. The molecule has 4 N–H and O–H groups in total. The smallest absolute Gasteiger partial charge is 0.159 e. The summed E-state index contributed by atoms with van der Waals surface area (Å²) >= 11 is 0. The molecule has 2 aromatic heterocycles. The van der Waals surface area contributed by atoms with Crippen molar-refractivity contribution in [3.8, 4) is 0 Å². The van der Waals surface area contributed by atoms with Gasteiger partial charge in [-0.25, -0.2) is 9.97 Å². The lowest BCUT2D eigenvalue weighted by Crippen LogP contribution is -2.43. The van der Waals surface area contributed by atoms with E-state index in [-0.39, 0.29) is 0 Å². The van der Waals surface area contributed by atoms with Crippen LogP contribution in [0, 0.1) is 0 Å². The number of rotatable bonds is 10. The van der Waals surface area contributed by atoms with Crippen LogP contribution >= 0.6 is 0 Å². The van der Waals surface area contributed by atoms with Crippen LogP contribution in [0.15, 0.2) is 72.9 Å². The molecule has 0 unspecified atom stereocenters. The summed E-state index contributed by atoms with van der Waals surface area (Å²) in [5.74, 6) is 5.79. The molecule has 190 valence electrons. The molecule has 37 heavy (non-hydrogen) atoms. The van der Waals surface area contributed by atoms with Gasteiger partial charge in [-0.2, -0.15) is 0 Å². The van der Waals surface area contributed by atoms with Gasteiger partial charge in [0.1, 0.15) is 6.29 Å². The SMILES string of the molecule is NNc1cc(N(CC=O)CCc2cccc(Cc3ccc4cccnc4n3)c2)cc(N2CCNCC2)c1. The molecule has 5 rings (SSSR count). The lowest BCUT2D eigenvalue weighted by molar-refractivity contribution is -0.106. The van der Waals surface area contributed by atoms with Crippen LogP contribution in [0.3, 0.4) is 0 Å². The number of pyridine rings is 2. The Balaban J connectivity index is 1.30. The van der Waals surface area contributed by atoms with Crippen LogP contribution in [0.2, 0.25) is 0 Å². The molecule has 8 nitrogen and oxygen atoms in total. The van der Waals surface area contributed by atoms with Crippen LogP contribution in [-0.4, -0.2) is 55.5 Å². The number of nitrogens with two attached hydrogens (primary N) is 1. The van der Waals surface area contributed by atoms with Gasteiger partial charge in [0.15, 0.2) is 5.65 Å². The number of nitrogens with one attached hydrogen (secondary N) is 2. The van der Waals surface area contributed by atoms with E-state index in [4.69, 9.17) is 10.8 Å². The van der Waals surface area contributed by atoms with Gasteiger partial charge >= 0.3 is 0 Å². The van der Waals surface area contributed by atoms with Crippen molar-refractivity contribution in [2.24, 2.45) is 5.84 Å². The lowest BCUT2D eigenvalue weighted by atomic mass is 10.0. The second kappa shape index (κ2) is 11.8. The number of hydrogen-bond acceptors (Lipinski definition) is 8. The fourth-order valence-corrected chi connectivity index (χ4v) is 4.84. The molecular weight excluding hydrogens is 462 g/mol. The lowest BCUT2D eigenvalue weighted by Gasteiger charge is -2.31. The molecule has 0 saturated carbocycles. The Morgan fingerprint density at radius 1 is 1.03 bits per heavy atom. The van der Waals surface area contributed by atoms with Crippen molar-refractivity contribution in [1.29, 1.82) is 0 Å². The van der Waals surface area contributed by atoms with Crippen molar-refractivity contribution in [3.05, 3.63) is 89.7 Å². The summed E-state index contributed by atoms with van der Waals surface area (Å²) in [6, 6.07) is 22.9. The number of nitrogen functional groups attached to an aromatic ring is 1. The van der Waals surface area contributed by atoms with E-state index < -0.39 is 0 Å². The molecular formula is C29H33N7O. The number of nitrogens with zero attached hydrogens (tertiary/aromatic N) is 4.